The van der Waals surface area contributed by atoms with Gasteiger partial charge >= 0.3 is 6.85 Å². The molecule has 2 aromatic heterocycles. The molecule has 0 aliphatic carbocycles. The Kier molecular flexibility index (Phi) is 5.60. The topological polar surface area (TPSA) is 29.0 Å². The van der Waals surface area contributed by atoms with Crippen molar-refractivity contribution in [3.8, 4) is 55.9 Å². The second-order valence-electron chi connectivity index (χ2n) is 11.4. The summed E-state index contributed by atoms with van der Waals surface area (Å²) in [5.74, 6) is 0. The van der Waals surface area contributed by atoms with Crippen molar-refractivity contribution in [3.05, 3.63) is 158 Å². The van der Waals surface area contributed by atoms with E-state index in [1.165, 1.54) is 55.7 Å². The first-order chi connectivity index (χ1) is 21.8. The molecule has 7 aromatic rings. The quantitative estimate of drug-likeness (QED) is 0.204. The largest absolute Gasteiger partial charge is 0.376 e. The van der Waals surface area contributed by atoms with E-state index in [1.807, 2.05) is 18.3 Å². The fourth-order valence-electron chi connectivity index (χ4n) is 6.98. The molecule has 0 amide bonds. The van der Waals surface area contributed by atoms with Crippen LogP contribution in [0.4, 0.5) is 11.4 Å². The molecule has 44 heavy (non-hydrogen) atoms. The van der Waals surface area contributed by atoms with E-state index < -0.39 is 0 Å². The van der Waals surface area contributed by atoms with Crippen LogP contribution >= 0.6 is 0 Å². The van der Waals surface area contributed by atoms with Crippen LogP contribution in [0.25, 0.3) is 55.9 Å². The molecule has 0 saturated heterocycles. The Morgan fingerprint density at radius 1 is 0.432 bits per heavy atom. The number of fused-ring (bicyclic) bond motifs is 11. The Labute approximate surface area is 257 Å². The van der Waals surface area contributed by atoms with Crippen LogP contribution in [0, 0.1) is 0 Å². The summed E-state index contributed by atoms with van der Waals surface area (Å²) < 4.78 is 0. The summed E-state index contributed by atoms with van der Waals surface area (Å²) in [4.78, 5) is 11.9. The van der Waals surface area contributed by atoms with Crippen LogP contribution in [-0.2, 0) is 0 Å². The average Bonchev–Trinajstić information content (AvgIpc) is 3.12. The van der Waals surface area contributed by atoms with Gasteiger partial charge in [0.25, 0.3) is 0 Å². The maximum absolute atomic E-state index is 5.05. The van der Waals surface area contributed by atoms with Gasteiger partial charge in [-0.15, -0.1) is 0 Å². The van der Waals surface area contributed by atoms with Crippen molar-refractivity contribution >= 4 is 29.1 Å². The van der Waals surface area contributed by atoms with Crippen molar-refractivity contribution in [3.63, 3.8) is 0 Å². The number of rotatable bonds is 3. The molecule has 0 spiro atoms. The number of nitrogens with zero attached hydrogens (tertiary/aromatic N) is 3. The molecule has 0 radical (unpaired) electrons. The Bertz CT molecular complexity index is 2190. The Morgan fingerprint density at radius 2 is 1.02 bits per heavy atom. The fourth-order valence-corrected chi connectivity index (χ4v) is 6.98. The first-order valence-corrected chi connectivity index (χ1v) is 15.0. The molecule has 0 unspecified atom stereocenters. The van der Waals surface area contributed by atoms with Gasteiger partial charge < -0.3 is 4.81 Å². The number of benzene rings is 5. The maximum atomic E-state index is 5.05. The molecule has 4 heterocycles. The van der Waals surface area contributed by atoms with Gasteiger partial charge in [0.1, 0.15) is 0 Å². The highest BCUT2D eigenvalue weighted by atomic mass is 15.1. The number of anilines is 2. The lowest BCUT2D eigenvalue weighted by molar-refractivity contribution is 1.28. The summed E-state index contributed by atoms with van der Waals surface area (Å²) in [6.45, 7) is 0.0860. The smallest absolute Gasteiger partial charge is 0.329 e. The molecule has 0 bridgehead atoms. The minimum absolute atomic E-state index is 0.0860. The molecular weight excluding hydrogens is 533 g/mol. The summed E-state index contributed by atoms with van der Waals surface area (Å²) in [5.41, 5.74) is 16.6. The molecule has 0 fully saturated rings. The van der Waals surface area contributed by atoms with E-state index in [-0.39, 0.29) is 6.85 Å². The van der Waals surface area contributed by atoms with Crippen LogP contribution in [-0.4, -0.2) is 16.8 Å². The molecule has 2 aliphatic rings. The van der Waals surface area contributed by atoms with Gasteiger partial charge in [-0.1, -0.05) is 97.1 Å². The van der Waals surface area contributed by atoms with Crippen LogP contribution in [0.1, 0.15) is 0 Å². The van der Waals surface area contributed by atoms with Gasteiger partial charge in [0.05, 0.1) is 11.4 Å². The molecular formula is C40H26BN3. The van der Waals surface area contributed by atoms with Crippen molar-refractivity contribution < 1.29 is 0 Å². The number of hydrogen-bond donors (Lipinski definition) is 0. The zero-order valence-electron chi connectivity index (χ0n) is 23.9. The van der Waals surface area contributed by atoms with Crippen LogP contribution < -0.4 is 15.7 Å². The molecule has 2 aliphatic heterocycles. The van der Waals surface area contributed by atoms with Gasteiger partial charge in [-0.2, -0.15) is 0 Å². The van der Waals surface area contributed by atoms with E-state index in [9.17, 15) is 0 Å². The van der Waals surface area contributed by atoms with Gasteiger partial charge in [-0.05, 0) is 81.7 Å². The lowest BCUT2D eigenvalue weighted by atomic mass is 9.43. The van der Waals surface area contributed by atoms with Crippen molar-refractivity contribution in [2.45, 2.75) is 0 Å². The van der Waals surface area contributed by atoms with E-state index in [1.54, 1.807) is 6.20 Å². The lowest BCUT2D eigenvalue weighted by Gasteiger charge is -2.43. The molecule has 204 valence electrons. The van der Waals surface area contributed by atoms with Gasteiger partial charge in [0, 0.05) is 46.0 Å². The number of aromatic nitrogens is 2. The van der Waals surface area contributed by atoms with E-state index >= 15 is 0 Å². The van der Waals surface area contributed by atoms with E-state index in [0.29, 0.717) is 0 Å². The van der Waals surface area contributed by atoms with Crippen molar-refractivity contribution in [1.82, 2.24) is 9.97 Å². The highest BCUT2D eigenvalue weighted by Gasteiger charge is 2.42. The highest BCUT2D eigenvalue weighted by molar-refractivity contribution is 6.92. The zero-order chi connectivity index (χ0) is 29.0. The summed E-state index contributed by atoms with van der Waals surface area (Å²) in [6.07, 6.45) is 3.66. The standard InChI is InChI=1S/C40H26BN3/c1-2-10-27(11-3-1)28-19-21-39-33(24-28)31-13-4-6-15-35(31)41-36-16-7-5-14-32(36)34-25-29(20-22-40(34)44(39)41)37-17-8-18-38(43-37)30-12-9-23-42-26-30/h1-26H. The highest BCUT2D eigenvalue weighted by Crippen LogP contribution is 2.47. The Morgan fingerprint density at radius 3 is 1.70 bits per heavy atom. The van der Waals surface area contributed by atoms with Crippen molar-refractivity contribution in [2.75, 3.05) is 4.81 Å². The molecule has 0 saturated carbocycles. The first kappa shape index (κ1) is 24.8. The second-order valence-corrected chi connectivity index (χ2v) is 11.4. The minimum atomic E-state index is 0.0860. The number of hydrogen-bond acceptors (Lipinski definition) is 3. The summed E-state index contributed by atoms with van der Waals surface area (Å²) >= 11 is 0. The second kappa shape index (κ2) is 9.93. The maximum Gasteiger partial charge on any atom is 0.329 e. The molecule has 3 nitrogen and oxygen atoms in total. The van der Waals surface area contributed by atoms with Gasteiger partial charge in [0.15, 0.2) is 0 Å². The van der Waals surface area contributed by atoms with Gasteiger partial charge in [0.2, 0.25) is 0 Å². The van der Waals surface area contributed by atoms with Crippen LogP contribution in [0.5, 0.6) is 0 Å². The predicted octanol–water partition coefficient (Wildman–Crippen LogP) is 8.38. The third kappa shape index (κ3) is 3.85. The normalized spacial score (nSPS) is 12.5. The summed E-state index contributed by atoms with van der Waals surface area (Å²) in [5, 5.41) is 0. The molecule has 5 aromatic carbocycles. The number of pyridine rings is 2. The summed E-state index contributed by atoms with van der Waals surface area (Å²) in [6, 6.07) is 52.4. The summed E-state index contributed by atoms with van der Waals surface area (Å²) in [7, 11) is 0. The predicted molar refractivity (Wildman–Crippen MR) is 183 cm³/mol. The van der Waals surface area contributed by atoms with E-state index in [2.05, 4.69) is 143 Å². The third-order valence-corrected chi connectivity index (χ3v) is 8.97. The first-order valence-electron chi connectivity index (χ1n) is 15.0. The molecule has 0 atom stereocenters. The van der Waals surface area contributed by atoms with Crippen LogP contribution in [0.15, 0.2) is 158 Å². The average molecular weight is 559 g/mol. The van der Waals surface area contributed by atoms with Crippen LogP contribution in [0.3, 0.4) is 0 Å². The van der Waals surface area contributed by atoms with Gasteiger partial charge in [-0.3, -0.25) is 4.98 Å². The Balaban J connectivity index is 1.24. The molecule has 4 heteroatoms. The Hall–Kier alpha value is -5.74. The van der Waals surface area contributed by atoms with Crippen LogP contribution in [0.2, 0.25) is 0 Å². The van der Waals surface area contributed by atoms with E-state index in [0.717, 1.165) is 22.5 Å². The monoisotopic (exact) mass is 559 g/mol. The fraction of sp³-hybridized carbons (Fsp3) is 0. The van der Waals surface area contributed by atoms with Gasteiger partial charge in [-0.25, -0.2) is 4.98 Å². The SMILES string of the molecule is c1ccc(-c2ccc3c(c2)-c2ccccc2B2c4ccccc4-c4cc(-c5cccc(-c6cccnc6)n5)ccc4N23)cc1. The van der Waals surface area contributed by atoms with Crippen molar-refractivity contribution in [2.24, 2.45) is 0 Å². The lowest BCUT2D eigenvalue weighted by Crippen LogP contribution is -2.59. The molecule has 9 rings (SSSR count). The van der Waals surface area contributed by atoms with Crippen molar-refractivity contribution in [1.29, 1.82) is 0 Å². The minimum Gasteiger partial charge on any atom is -0.376 e. The third-order valence-electron chi connectivity index (χ3n) is 8.97. The molecule has 0 N–H and O–H groups in total. The van der Waals surface area contributed by atoms with E-state index in [4.69, 9.17) is 4.98 Å². The zero-order valence-corrected chi connectivity index (χ0v) is 23.9.